The van der Waals surface area contributed by atoms with Gasteiger partial charge in [0.15, 0.2) is 6.23 Å². The lowest BCUT2D eigenvalue weighted by Gasteiger charge is -2.22. The van der Waals surface area contributed by atoms with Crippen molar-refractivity contribution in [2.45, 2.75) is 31.9 Å². The van der Waals surface area contributed by atoms with Crippen molar-refractivity contribution in [3.63, 3.8) is 0 Å². The first-order chi connectivity index (χ1) is 8.65. The molecule has 1 atom stereocenters. The summed E-state index contributed by atoms with van der Waals surface area (Å²) < 4.78 is 5.01. The smallest absolute Gasteiger partial charge is 0.411 e. The van der Waals surface area contributed by atoms with E-state index in [4.69, 9.17) is 26.4 Å². The lowest BCUT2D eigenvalue weighted by molar-refractivity contribution is 0.0507. The molecule has 0 heterocycles. The molecule has 0 saturated carbocycles. The van der Waals surface area contributed by atoms with E-state index in [9.17, 15) is 4.79 Å². The molecule has 0 aliphatic rings. The van der Waals surface area contributed by atoms with E-state index in [1.54, 1.807) is 0 Å². The lowest BCUT2D eigenvalue weighted by Crippen LogP contribution is -2.40. The summed E-state index contributed by atoms with van der Waals surface area (Å²) in [4.78, 5) is 12.8. The molecule has 0 aromatic rings. The number of hydrogen-bond acceptors (Lipinski definition) is 6. The molecule has 108 valence electrons. The molecule has 7 heteroatoms. The molecule has 0 bridgehead atoms. The Morgan fingerprint density at radius 2 is 1.78 bits per heavy atom. The van der Waals surface area contributed by atoms with E-state index in [1.165, 1.54) is 4.90 Å². The van der Waals surface area contributed by atoms with Crippen molar-refractivity contribution >= 4 is 6.09 Å². The Hall–Kier alpha value is -0.890. The van der Waals surface area contributed by atoms with Crippen molar-refractivity contribution in [2.75, 3.05) is 32.8 Å². The lowest BCUT2D eigenvalue weighted by atomic mass is 10.2. The van der Waals surface area contributed by atoms with E-state index >= 15 is 0 Å². The van der Waals surface area contributed by atoms with E-state index in [1.807, 2.05) is 0 Å². The van der Waals surface area contributed by atoms with Crippen LogP contribution in [0.5, 0.6) is 0 Å². The zero-order valence-corrected chi connectivity index (χ0v) is 10.8. The molecule has 0 fully saturated rings. The second kappa shape index (κ2) is 11.2. The van der Waals surface area contributed by atoms with Crippen molar-refractivity contribution in [1.82, 2.24) is 4.90 Å². The van der Waals surface area contributed by atoms with Crippen LogP contribution in [0.4, 0.5) is 4.79 Å². The van der Waals surface area contributed by atoms with Crippen LogP contribution >= 0.6 is 0 Å². The molecule has 1 amide bonds. The van der Waals surface area contributed by atoms with Crippen molar-refractivity contribution in [1.29, 1.82) is 0 Å². The highest BCUT2D eigenvalue weighted by Gasteiger charge is 2.16. The van der Waals surface area contributed by atoms with Crippen LogP contribution in [0.2, 0.25) is 0 Å². The SMILES string of the molecule is NCCCCCC(N)OC(=O)N(CCO)CCO. The summed E-state index contributed by atoms with van der Waals surface area (Å²) in [5, 5.41) is 17.5. The third-order valence-electron chi connectivity index (χ3n) is 2.44. The molecular weight excluding hydrogens is 238 g/mol. The number of rotatable bonds is 10. The number of aliphatic hydroxyl groups is 2. The summed E-state index contributed by atoms with van der Waals surface area (Å²) in [6.45, 7) is 0.538. The minimum Gasteiger partial charge on any atom is -0.431 e. The van der Waals surface area contributed by atoms with Gasteiger partial charge in [-0.25, -0.2) is 4.79 Å². The molecule has 0 aliphatic heterocycles. The first-order valence-electron chi connectivity index (χ1n) is 6.28. The molecule has 0 spiro atoms. The van der Waals surface area contributed by atoms with Gasteiger partial charge in [0.25, 0.3) is 0 Å². The van der Waals surface area contributed by atoms with Gasteiger partial charge in [-0.1, -0.05) is 6.42 Å². The van der Waals surface area contributed by atoms with Gasteiger partial charge < -0.3 is 25.6 Å². The van der Waals surface area contributed by atoms with Gasteiger partial charge in [0.2, 0.25) is 0 Å². The monoisotopic (exact) mass is 263 g/mol. The van der Waals surface area contributed by atoms with Crippen molar-refractivity contribution in [2.24, 2.45) is 11.5 Å². The number of carbonyl (C=O) groups excluding carboxylic acids is 1. The Morgan fingerprint density at radius 1 is 1.17 bits per heavy atom. The Labute approximate surface area is 108 Å². The molecule has 0 aromatic heterocycles. The van der Waals surface area contributed by atoms with Crippen LogP contribution < -0.4 is 11.5 Å². The highest BCUT2D eigenvalue weighted by molar-refractivity contribution is 5.67. The molecule has 0 radical (unpaired) electrons. The van der Waals surface area contributed by atoms with E-state index in [0.29, 0.717) is 13.0 Å². The number of carbonyl (C=O) groups is 1. The predicted octanol–water partition coefficient (Wildman–Crippen LogP) is -0.786. The number of hydrogen-bond donors (Lipinski definition) is 4. The highest BCUT2D eigenvalue weighted by Crippen LogP contribution is 2.04. The van der Waals surface area contributed by atoms with Crippen LogP contribution in [0.3, 0.4) is 0 Å². The molecule has 18 heavy (non-hydrogen) atoms. The number of amides is 1. The number of aliphatic hydroxyl groups excluding tert-OH is 2. The van der Waals surface area contributed by atoms with Gasteiger partial charge in [0.1, 0.15) is 0 Å². The molecule has 0 aliphatic carbocycles. The van der Waals surface area contributed by atoms with Crippen LogP contribution in [0.1, 0.15) is 25.7 Å². The molecule has 0 saturated heterocycles. The van der Waals surface area contributed by atoms with Crippen LogP contribution in [0, 0.1) is 0 Å². The quantitative estimate of drug-likeness (QED) is 0.303. The minimum absolute atomic E-state index is 0.124. The zero-order chi connectivity index (χ0) is 13.8. The van der Waals surface area contributed by atoms with Crippen molar-refractivity contribution in [3.05, 3.63) is 0 Å². The number of ether oxygens (including phenoxy) is 1. The van der Waals surface area contributed by atoms with Gasteiger partial charge >= 0.3 is 6.09 Å². The number of nitrogens with zero attached hydrogens (tertiary/aromatic N) is 1. The number of nitrogens with two attached hydrogens (primary N) is 2. The van der Waals surface area contributed by atoms with Gasteiger partial charge in [0, 0.05) is 13.1 Å². The van der Waals surface area contributed by atoms with E-state index in [2.05, 4.69) is 0 Å². The molecule has 0 rings (SSSR count). The van der Waals surface area contributed by atoms with Crippen LogP contribution in [0.15, 0.2) is 0 Å². The average molecular weight is 263 g/mol. The van der Waals surface area contributed by atoms with Gasteiger partial charge in [-0.15, -0.1) is 0 Å². The third kappa shape index (κ3) is 8.24. The Balaban J connectivity index is 3.87. The largest absolute Gasteiger partial charge is 0.431 e. The molecular formula is C11H25N3O4. The van der Waals surface area contributed by atoms with Gasteiger partial charge in [-0.2, -0.15) is 0 Å². The average Bonchev–Trinajstić information content (AvgIpc) is 2.34. The van der Waals surface area contributed by atoms with Crippen LogP contribution in [0.25, 0.3) is 0 Å². The maximum absolute atomic E-state index is 11.6. The molecule has 0 aromatic carbocycles. The Kier molecular flexibility index (Phi) is 10.7. The van der Waals surface area contributed by atoms with Gasteiger partial charge in [0.05, 0.1) is 13.2 Å². The second-order valence-electron chi connectivity index (χ2n) is 3.99. The fourth-order valence-electron chi connectivity index (χ4n) is 1.47. The summed E-state index contributed by atoms with van der Waals surface area (Å²) in [5.74, 6) is 0. The number of unbranched alkanes of at least 4 members (excludes halogenated alkanes) is 2. The zero-order valence-electron chi connectivity index (χ0n) is 10.8. The van der Waals surface area contributed by atoms with E-state index < -0.39 is 12.3 Å². The summed E-state index contributed by atoms with van der Waals surface area (Å²) in [7, 11) is 0. The second-order valence-corrected chi connectivity index (χ2v) is 3.99. The fraction of sp³-hybridized carbons (Fsp3) is 0.909. The fourth-order valence-corrected chi connectivity index (χ4v) is 1.47. The van der Waals surface area contributed by atoms with E-state index in [-0.39, 0.29) is 26.3 Å². The summed E-state index contributed by atoms with van der Waals surface area (Å²) in [6.07, 6.45) is 2.06. The molecule has 1 unspecified atom stereocenters. The van der Waals surface area contributed by atoms with Crippen LogP contribution in [-0.2, 0) is 4.74 Å². The van der Waals surface area contributed by atoms with Gasteiger partial charge in [-0.05, 0) is 25.8 Å². The van der Waals surface area contributed by atoms with Crippen molar-refractivity contribution < 1.29 is 19.7 Å². The topological polar surface area (TPSA) is 122 Å². The predicted molar refractivity (Wildman–Crippen MR) is 67.7 cm³/mol. The summed E-state index contributed by atoms with van der Waals surface area (Å²) >= 11 is 0. The third-order valence-corrected chi connectivity index (χ3v) is 2.44. The maximum Gasteiger partial charge on any atom is 0.411 e. The Morgan fingerprint density at radius 3 is 2.28 bits per heavy atom. The standard InChI is InChI=1S/C11H25N3O4/c12-5-3-1-2-4-10(13)18-11(17)14(6-8-15)7-9-16/h10,15-16H,1-9,12-13H2. The minimum atomic E-state index is -0.657. The normalized spacial score (nSPS) is 12.2. The summed E-state index contributed by atoms with van der Waals surface area (Å²) in [5.41, 5.74) is 11.0. The first-order valence-corrected chi connectivity index (χ1v) is 6.28. The van der Waals surface area contributed by atoms with Gasteiger partial charge in [-0.3, -0.25) is 5.73 Å². The van der Waals surface area contributed by atoms with Crippen molar-refractivity contribution in [3.8, 4) is 0 Å². The van der Waals surface area contributed by atoms with E-state index in [0.717, 1.165) is 19.3 Å². The first kappa shape index (κ1) is 17.1. The van der Waals surface area contributed by atoms with Crippen LogP contribution in [-0.4, -0.2) is 60.3 Å². The summed E-state index contributed by atoms with van der Waals surface area (Å²) in [6, 6.07) is 0. The Bertz CT molecular complexity index is 210. The molecule has 6 N–H and O–H groups in total. The maximum atomic E-state index is 11.6. The highest BCUT2D eigenvalue weighted by atomic mass is 16.6. The molecule has 7 nitrogen and oxygen atoms in total.